The molecule has 0 heterocycles. The van der Waals surface area contributed by atoms with E-state index in [4.69, 9.17) is 9.84 Å². The van der Waals surface area contributed by atoms with Gasteiger partial charge in [-0.2, -0.15) is 0 Å². The topological polar surface area (TPSA) is 61.7 Å². The van der Waals surface area contributed by atoms with Crippen LogP contribution in [0.15, 0.2) is 0 Å². The molecular formula is C11H23NO3. The number of aliphatic hydroxyl groups is 2. The van der Waals surface area contributed by atoms with E-state index in [1.165, 1.54) is 6.42 Å². The van der Waals surface area contributed by atoms with Crippen molar-refractivity contribution in [3.05, 3.63) is 0 Å². The molecule has 3 unspecified atom stereocenters. The molecule has 1 aliphatic carbocycles. The Bertz CT molecular complexity index is 166. The van der Waals surface area contributed by atoms with E-state index in [1.54, 1.807) is 7.11 Å². The van der Waals surface area contributed by atoms with E-state index in [-0.39, 0.29) is 24.8 Å². The highest BCUT2D eigenvalue weighted by Crippen LogP contribution is 2.18. The van der Waals surface area contributed by atoms with Crippen LogP contribution in [0, 0.1) is 0 Å². The number of ether oxygens (including phenoxy) is 1. The third kappa shape index (κ3) is 4.47. The lowest BCUT2D eigenvalue weighted by Gasteiger charge is -2.26. The molecule has 0 aromatic heterocycles. The van der Waals surface area contributed by atoms with Gasteiger partial charge in [-0.05, 0) is 12.8 Å². The quantitative estimate of drug-likeness (QED) is 0.579. The maximum atomic E-state index is 9.88. The molecule has 3 N–H and O–H groups in total. The minimum atomic E-state index is -0.279. The van der Waals surface area contributed by atoms with Gasteiger partial charge in [-0.15, -0.1) is 0 Å². The first-order chi connectivity index (χ1) is 7.27. The van der Waals surface area contributed by atoms with Gasteiger partial charge >= 0.3 is 0 Å². The van der Waals surface area contributed by atoms with Crippen LogP contribution in [0.25, 0.3) is 0 Å². The number of hydrogen-bond donors (Lipinski definition) is 3. The highest BCUT2D eigenvalue weighted by Gasteiger charge is 2.23. The molecule has 1 saturated carbocycles. The summed E-state index contributed by atoms with van der Waals surface area (Å²) in [7, 11) is 1.62. The second-order valence-electron chi connectivity index (χ2n) is 4.31. The molecule has 0 aliphatic heterocycles. The van der Waals surface area contributed by atoms with Crippen molar-refractivity contribution in [3.63, 3.8) is 0 Å². The largest absolute Gasteiger partial charge is 0.395 e. The molecule has 0 radical (unpaired) electrons. The Labute approximate surface area is 91.6 Å². The molecule has 0 bridgehead atoms. The van der Waals surface area contributed by atoms with Crippen molar-refractivity contribution in [3.8, 4) is 0 Å². The molecule has 1 fully saturated rings. The fraction of sp³-hybridized carbons (Fsp3) is 1.00. The summed E-state index contributed by atoms with van der Waals surface area (Å²) in [5.41, 5.74) is 0. The van der Waals surface area contributed by atoms with E-state index < -0.39 is 0 Å². The van der Waals surface area contributed by atoms with Gasteiger partial charge in [0.05, 0.1) is 25.4 Å². The van der Waals surface area contributed by atoms with Gasteiger partial charge in [-0.1, -0.05) is 19.3 Å². The summed E-state index contributed by atoms with van der Waals surface area (Å²) in [6, 6.07) is 0.0487. The first-order valence-electron chi connectivity index (χ1n) is 5.82. The molecule has 0 saturated heterocycles. The van der Waals surface area contributed by atoms with Gasteiger partial charge in [-0.25, -0.2) is 0 Å². The van der Waals surface area contributed by atoms with Crippen LogP contribution in [-0.4, -0.2) is 48.7 Å². The Morgan fingerprint density at radius 3 is 2.73 bits per heavy atom. The first-order valence-corrected chi connectivity index (χ1v) is 5.82. The molecule has 0 aromatic carbocycles. The maximum absolute atomic E-state index is 9.88. The molecule has 90 valence electrons. The van der Waals surface area contributed by atoms with Crippen molar-refractivity contribution in [1.29, 1.82) is 0 Å². The number of rotatable bonds is 5. The zero-order valence-corrected chi connectivity index (χ0v) is 9.48. The molecular weight excluding hydrogens is 194 g/mol. The number of aliphatic hydroxyl groups excluding tert-OH is 2. The van der Waals surface area contributed by atoms with Gasteiger partial charge in [0.1, 0.15) is 0 Å². The summed E-state index contributed by atoms with van der Waals surface area (Å²) in [6.45, 7) is 0.538. The summed E-state index contributed by atoms with van der Waals surface area (Å²) in [6.07, 6.45) is 5.03. The van der Waals surface area contributed by atoms with Gasteiger partial charge in [-0.3, -0.25) is 0 Å². The summed E-state index contributed by atoms with van der Waals surface area (Å²) < 4.78 is 5.00. The fourth-order valence-corrected chi connectivity index (χ4v) is 2.14. The van der Waals surface area contributed by atoms with Crippen LogP contribution in [0.1, 0.15) is 32.1 Å². The van der Waals surface area contributed by atoms with Crippen LogP contribution in [0.2, 0.25) is 0 Å². The van der Waals surface area contributed by atoms with E-state index >= 15 is 0 Å². The predicted molar refractivity (Wildman–Crippen MR) is 58.8 cm³/mol. The van der Waals surface area contributed by atoms with E-state index in [1.807, 2.05) is 0 Å². The van der Waals surface area contributed by atoms with Crippen molar-refractivity contribution in [2.75, 3.05) is 20.3 Å². The molecule has 1 aliphatic rings. The molecule has 0 spiro atoms. The Morgan fingerprint density at radius 1 is 1.33 bits per heavy atom. The Hall–Kier alpha value is -0.160. The van der Waals surface area contributed by atoms with Crippen molar-refractivity contribution in [1.82, 2.24) is 5.32 Å². The predicted octanol–water partition coefficient (Wildman–Crippen LogP) is 0.277. The Kier molecular flexibility index (Phi) is 6.17. The zero-order chi connectivity index (χ0) is 11.1. The standard InChI is InChI=1S/C11H23NO3/c1-15-8-9(7-13)12-10-5-3-2-4-6-11(10)14/h9-14H,2-8H2,1H3. The van der Waals surface area contributed by atoms with Gasteiger partial charge < -0.3 is 20.3 Å². The van der Waals surface area contributed by atoms with Crippen LogP contribution in [0.4, 0.5) is 0 Å². The molecule has 15 heavy (non-hydrogen) atoms. The van der Waals surface area contributed by atoms with Crippen LogP contribution in [0.3, 0.4) is 0 Å². The van der Waals surface area contributed by atoms with E-state index in [9.17, 15) is 5.11 Å². The zero-order valence-electron chi connectivity index (χ0n) is 9.48. The smallest absolute Gasteiger partial charge is 0.0693 e. The second kappa shape index (κ2) is 7.17. The summed E-state index contributed by atoms with van der Waals surface area (Å²) >= 11 is 0. The average Bonchev–Trinajstić information content (AvgIpc) is 2.43. The third-order valence-electron chi connectivity index (χ3n) is 3.02. The normalized spacial score (nSPS) is 29.8. The van der Waals surface area contributed by atoms with Crippen molar-refractivity contribution in [2.24, 2.45) is 0 Å². The molecule has 0 aromatic rings. The average molecular weight is 217 g/mol. The minimum absolute atomic E-state index is 0.0526. The number of methoxy groups -OCH3 is 1. The number of nitrogens with one attached hydrogen (secondary N) is 1. The summed E-state index contributed by atoms with van der Waals surface area (Å²) in [5, 5.41) is 22.3. The fourth-order valence-electron chi connectivity index (χ4n) is 2.14. The van der Waals surface area contributed by atoms with Gasteiger partial charge in [0.25, 0.3) is 0 Å². The van der Waals surface area contributed by atoms with Gasteiger partial charge in [0.15, 0.2) is 0 Å². The van der Waals surface area contributed by atoms with E-state index in [0.717, 1.165) is 25.7 Å². The first kappa shape index (κ1) is 12.9. The molecule has 3 atom stereocenters. The van der Waals surface area contributed by atoms with Crippen LogP contribution >= 0.6 is 0 Å². The molecule has 0 amide bonds. The van der Waals surface area contributed by atoms with Crippen LogP contribution in [-0.2, 0) is 4.74 Å². The van der Waals surface area contributed by atoms with Crippen LogP contribution in [0.5, 0.6) is 0 Å². The highest BCUT2D eigenvalue weighted by atomic mass is 16.5. The van der Waals surface area contributed by atoms with Gasteiger partial charge in [0, 0.05) is 13.2 Å². The van der Waals surface area contributed by atoms with E-state index in [2.05, 4.69) is 5.32 Å². The lowest BCUT2D eigenvalue weighted by molar-refractivity contribution is 0.0796. The monoisotopic (exact) mass is 217 g/mol. The highest BCUT2D eigenvalue weighted by molar-refractivity contribution is 4.82. The van der Waals surface area contributed by atoms with Gasteiger partial charge in [0.2, 0.25) is 0 Å². The number of hydrogen-bond acceptors (Lipinski definition) is 4. The van der Waals surface area contributed by atoms with E-state index in [0.29, 0.717) is 6.61 Å². The molecule has 4 nitrogen and oxygen atoms in total. The Balaban J connectivity index is 2.38. The van der Waals surface area contributed by atoms with Crippen molar-refractivity contribution in [2.45, 2.75) is 50.3 Å². The second-order valence-corrected chi connectivity index (χ2v) is 4.31. The molecule has 1 rings (SSSR count). The Morgan fingerprint density at radius 2 is 2.07 bits per heavy atom. The lowest BCUT2D eigenvalue weighted by Crippen LogP contribution is -2.48. The SMILES string of the molecule is COCC(CO)NC1CCCCCC1O. The molecule has 4 heteroatoms. The third-order valence-corrected chi connectivity index (χ3v) is 3.02. The van der Waals surface area contributed by atoms with Crippen LogP contribution < -0.4 is 5.32 Å². The maximum Gasteiger partial charge on any atom is 0.0693 e. The minimum Gasteiger partial charge on any atom is -0.395 e. The van der Waals surface area contributed by atoms with Crippen molar-refractivity contribution < 1.29 is 14.9 Å². The lowest BCUT2D eigenvalue weighted by atomic mass is 10.1. The summed E-state index contributed by atoms with van der Waals surface area (Å²) in [4.78, 5) is 0. The van der Waals surface area contributed by atoms with Crippen molar-refractivity contribution >= 4 is 0 Å². The summed E-state index contributed by atoms with van der Waals surface area (Å²) in [5.74, 6) is 0.